The zero-order chi connectivity index (χ0) is 16.3. The second-order valence-corrected chi connectivity index (χ2v) is 7.06. The number of phosphoric ester groups is 2. The molecule has 0 aromatic heterocycles. The van der Waals surface area contributed by atoms with Gasteiger partial charge in [-0.25, -0.2) is 9.13 Å². The summed E-state index contributed by atoms with van der Waals surface area (Å²) in [6.45, 7) is -0.0509. The Morgan fingerprint density at radius 3 is 1.95 bits per heavy atom. The summed E-state index contributed by atoms with van der Waals surface area (Å²) < 4.78 is 51.4. The summed E-state index contributed by atoms with van der Waals surface area (Å²) in [5.41, 5.74) is 0. The van der Waals surface area contributed by atoms with E-state index in [1.165, 1.54) is 7.11 Å². The molecule has 0 spiro atoms. The molecule has 0 bridgehead atoms. The molecule has 2 radical (unpaired) electrons. The lowest BCUT2D eigenvalue weighted by molar-refractivity contribution is -0.0223. The first-order valence-corrected chi connectivity index (χ1v) is 8.68. The molecule has 21 heavy (non-hydrogen) atoms. The van der Waals surface area contributed by atoms with Crippen molar-refractivity contribution < 1.29 is 46.5 Å². The van der Waals surface area contributed by atoms with Gasteiger partial charge in [0.1, 0.15) is 26.2 Å². The summed E-state index contributed by atoms with van der Waals surface area (Å²) in [5.74, 6) is 0. The Bertz CT molecular complexity index is 433. The Hall–Kier alpha value is 0.205. The second kappa shape index (κ2) is 7.65. The summed E-state index contributed by atoms with van der Waals surface area (Å²) in [6, 6.07) is -1.19. The molecule has 0 aromatic carbocycles. The molecule has 0 amide bonds. The Kier molecular flexibility index (Phi) is 7.02. The van der Waals surface area contributed by atoms with E-state index in [2.05, 4.69) is 9.05 Å². The van der Waals surface area contributed by atoms with Crippen LogP contribution in [0.3, 0.4) is 0 Å². The third kappa shape index (κ3) is 5.40. The molecule has 1 fully saturated rings. The highest BCUT2D eigenvalue weighted by Crippen LogP contribution is 2.50. The zero-order valence-electron chi connectivity index (χ0n) is 11.6. The van der Waals surface area contributed by atoms with Gasteiger partial charge in [0.2, 0.25) is 0 Å². The molecule has 0 saturated carbocycles. The van der Waals surface area contributed by atoms with Crippen LogP contribution in [0.5, 0.6) is 0 Å². The van der Waals surface area contributed by atoms with E-state index in [4.69, 9.17) is 26.4 Å². The van der Waals surface area contributed by atoms with E-state index in [-0.39, 0.29) is 6.61 Å². The number of ether oxygens (including phenoxy) is 2. The number of hydrogen-bond acceptors (Lipinski definition) is 8. The smallest absolute Gasteiger partial charge is 0.382 e. The lowest BCUT2D eigenvalue weighted by atomic mass is 9.93. The monoisotopic (exact) mass is 346 g/mol. The summed E-state index contributed by atoms with van der Waals surface area (Å²) in [4.78, 5) is 18.7. The first kappa shape index (κ1) is 19.3. The number of hydrogen-bond donors (Lipinski definition) is 2. The zero-order valence-corrected chi connectivity index (χ0v) is 13.4. The van der Waals surface area contributed by atoms with E-state index >= 15 is 0 Å². The van der Waals surface area contributed by atoms with Crippen LogP contribution in [-0.4, -0.2) is 69.9 Å². The normalized spacial score (nSPS) is 35.3. The predicted molar refractivity (Wildman–Crippen MR) is 69.7 cm³/mol. The van der Waals surface area contributed by atoms with Crippen molar-refractivity contribution in [2.24, 2.45) is 0 Å². The molecule has 6 atom stereocenters. The Morgan fingerprint density at radius 2 is 1.52 bits per heavy atom. The van der Waals surface area contributed by atoms with Crippen LogP contribution >= 0.6 is 15.6 Å². The maximum absolute atomic E-state index is 11.5. The highest BCUT2D eigenvalue weighted by atomic mass is 31.2. The Labute approximate surface area is 123 Å². The van der Waals surface area contributed by atoms with Gasteiger partial charge in [0.15, 0.2) is 0 Å². The summed E-state index contributed by atoms with van der Waals surface area (Å²) in [7, 11) is 0.0945. The van der Waals surface area contributed by atoms with Gasteiger partial charge in [-0.1, -0.05) is 0 Å². The van der Waals surface area contributed by atoms with Crippen molar-refractivity contribution in [2.75, 3.05) is 27.9 Å². The van der Waals surface area contributed by atoms with Crippen molar-refractivity contribution in [2.45, 2.75) is 24.3 Å². The predicted octanol–water partition coefficient (Wildman–Crippen LogP) is -0.210. The van der Waals surface area contributed by atoms with Crippen LogP contribution in [0.2, 0.25) is 0 Å². The standard InChI is InChI=1S/C8H17BO10P2/c1-14-4-5-6(18-20(10,11)15-2)7(8(9)17-5)19-21(12,13)16-3/h5-8H,4H2,1-3H3,(H,10,11)(H,12,13)/t5-,6?,7+,8-/m1/s1. The highest BCUT2D eigenvalue weighted by molar-refractivity contribution is 7.47. The van der Waals surface area contributed by atoms with Gasteiger partial charge in [-0.05, 0) is 0 Å². The molecule has 0 aliphatic carbocycles. The van der Waals surface area contributed by atoms with Crippen molar-refractivity contribution in [1.82, 2.24) is 0 Å². The third-order valence-electron chi connectivity index (χ3n) is 2.65. The van der Waals surface area contributed by atoms with Crippen molar-refractivity contribution in [3.05, 3.63) is 0 Å². The fourth-order valence-corrected chi connectivity index (χ4v) is 2.98. The molecule has 10 nitrogen and oxygen atoms in total. The Morgan fingerprint density at radius 1 is 1.05 bits per heavy atom. The average molecular weight is 346 g/mol. The van der Waals surface area contributed by atoms with Gasteiger partial charge >= 0.3 is 15.6 Å². The van der Waals surface area contributed by atoms with E-state index in [1.54, 1.807) is 0 Å². The van der Waals surface area contributed by atoms with Crippen LogP contribution in [0.1, 0.15) is 0 Å². The maximum atomic E-state index is 11.5. The van der Waals surface area contributed by atoms with Gasteiger partial charge in [-0.15, -0.1) is 0 Å². The summed E-state index contributed by atoms with van der Waals surface area (Å²) >= 11 is 0. The molecule has 1 aliphatic heterocycles. The number of rotatable bonds is 8. The van der Waals surface area contributed by atoms with Crippen LogP contribution < -0.4 is 0 Å². The molecule has 1 heterocycles. The van der Waals surface area contributed by atoms with Gasteiger partial charge in [0.25, 0.3) is 0 Å². The summed E-state index contributed by atoms with van der Waals surface area (Å²) in [5, 5.41) is 0. The quantitative estimate of drug-likeness (QED) is 0.450. The average Bonchev–Trinajstić information content (AvgIpc) is 2.67. The van der Waals surface area contributed by atoms with E-state index in [0.29, 0.717) is 0 Å². The molecule has 3 unspecified atom stereocenters. The third-order valence-corrected chi connectivity index (χ3v) is 4.59. The SMILES string of the molecule is [B][C@@H]1O[C@H](COC)C(OP(=O)(O)OC)[C@@H]1OP(=O)(O)OC. The van der Waals surface area contributed by atoms with Gasteiger partial charge in [-0.3, -0.25) is 18.1 Å². The minimum absolute atomic E-state index is 0.0509. The molecule has 0 aromatic rings. The van der Waals surface area contributed by atoms with Crippen LogP contribution in [0.15, 0.2) is 0 Å². The molecule has 13 heteroatoms. The molecule has 1 saturated heterocycles. The first-order chi connectivity index (χ1) is 9.65. The number of methoxy groups -OCH3 is 1. The molecule has 1 rings (SSSR count). The van der Waals surface area contributed by atoms with Crippen LogP contribution in [0.4, 0.5) is 0 Å². The summed E-state index contributed by atoms with van der Waals surface area (Å²) in [6.07, 6.45) is -3.51. The molecule has 1 aliphatic rings. The van der Waals surface area contributed by atoms with E-state index < -0.39 is 40.0 Å². The largest absolute Gasteiger partial charge is 0.472 e. The van der Waals surface area contributed by atoms with Crippen LogP contribution in [-0.2, 0) is 36.7 Å². The fraction of sp³-hybridized carbons (Fsp3) is 1.00. The molecule has 2 N–H and O–H groups in total. The van der Waals surface area contributed by atoms with Crippen molar-refractivity contribution in [3.63, 3.8) is 0 Å². The maximum Gasteiger partial charge on any atom is 0.472 e. The van der Waals surface area contributed by atoms with Gasteiger partial charge in [0.05, 0.1) is 6.61 Å². The van der Waals surface area contributed by atoms with Crippen LogP contribution in [0, 0.1) is 0 Å². The first-order valence-electron chi connectivity index (χ1n) is 5.69. The molecular formula is C8H17BO10P2. The minimum Gasteiger partial charge on any atom is -0.382 e. The minimum atomic E-state index is -4.41. The van der Waals surface area contributed by atoms with Crippen molar-refractivity contribution >= 4 is 23.5 Å². The molecular weight excluding hydrogens is 329 g/mol. The topological polar surface area (TPSA) is 130 Å². The Balaban J connectivity index is 2.95. The van der Waals surface area contributed by atoms with E-state index in [0.717, 1.165) is 14.2 Å². The number of phosphoric acid groups is 2. The van der Waals surface area contributed by atoms with Gasteiger partial charge in [-0.2, -0.15) is 0 Å². The van der Waals surface area contributed by atoms with Crippen molar-refractivity contribution in [3.8, 4) is 0 Å². The second-order valence-electron chi connectivity index (χ2n) is 4.04. The molecule has 122 valence electrons. The van der Waals surface area contributed by atoms with Gasteiger partial charge in [0, 0.05) is 27.3 Å². The van der Waals surface area contributed by atoms with Gasteiger partial charge < -0.3 is 19.3 Å². The fourth-order valence-electron chi connectivity index (χ4n) is 1.70. The van der Waals surface area contributed by atoms with Crippen LogP contribution in [0.25, 0.3) is 0 Å². The highest BCUT2D eigenvalue weighted by Gasteiger charge is 2.49. The lowest BCUT2D eigenvalue weighted by Gasteiger charge is -2.25. The van der Waals surface area contributed by atoms with Crippen molar-refractivity contribution in [1.29, 1.82) is 0 Å². The van der Waals surface area contributed by atoms with E-state index in [1.807, 2.05) is 0 Å². The lowest BCUT2D eigenvalue weighted by Crippen LogP contribution is -2.38. The van der Waals surface area contributed by atoms with E-state index in [9.17, 15) is 18.9 Å².